The zero-order valence-electron chi connectivity index (χ0n) is 7.62. The van der Waals surface area contributed by atoms with E-state index in [4.69, 9.17) is 10.4 Å². The van der Waals surface area contributed by atoms with Gasteiger partial charge in [0.15, 0.2) is 0 Å². The molecule has 0 aliphatic rings. The van der Waals surface area contributed by atoms with E-state index in [1.807, 2.05) is 6.07 Å². The van der Waals surface area contributed by atoms with Gasteiger partial charge >= 0.3 is 5.97 Å². The minimum absolute atomic E-state index is 0.0553. The van der Waals surface area contributed by atoms with Gasteiger partial charge in [0.25, 0.3) is 0 Å². The van der Waals surface area contributed by atoms with Crippen LogP contribution >= 0.6 is 0 Å². The van der Waals surface area contributed by atoms with Crippen molar-refractivity contribution in [2.24, 2.45) is 0 Å². The van der Waals surface area contributed by atoms with Crippen molar-refractivity contribution in [3.05, 3.63) is 35.1 Å². The molecule has 0 saturated carbocycles. The summed E-state index contributed by atoms with van der Waals surface area (Å²) in [5.74, 6) is 2.94. The monoisotopic (exact) mass is 203 g/mol. The van der Waals surface area contributed by atoms with E-state index in [0.29, 0.717) is 5.56 Å². The topological polar surface area (TPSA) is 61.1 Å². The zero-order chi connectivity index (χ0) is 11.3. The van der Waals surface area contributed by atoms with E-state index in [9.17, 15) is 9.18 Å². The number of hydrogen-bond acceptors (Lipinski definition) is 2. The molecule has 0 saturated heterocycles. The third-order valence-corrected chi connectivity index (χ3v) is 1.60. The maximum atomic E-state index is 12.9. The van der Waals surface area contributed by atoms with Crippen LogP contribution in [0.3, 0.4) is 0 Å². The summed E-state index contributed by atoms with van der Waals surface area (Å²) in [5.41, 5.74) is -0.0391. The number of benzene rings is 1. The summed E-state index contributed by atoms with van der Waals surface area (Å²) in [4.78, 5) is 10.6. The summed E-state index contributed by atoms with van der Waals surface area (Å²) in [7, 11) is 0. The largest absolute Gasteiger partial charge is 0.478 e. The van der Waals surface area contributed by atoms with Crippen molar-refractivity contribution in [3.63, 3.8) is 0 Å². The van der Waals surface area contributed by atoms with Crippen LogP contribution in [0.25, 0.3) is 0 Å². The molecule has 74 valence electrons. The first-order chi connectivity index (χ1) is 7.15. The normalized spacial score (nSPS) is 8.53. The van der Waals surface area contributed by atoms with Crippen LogP contribution in [0.15, 0.2) is 18.2 Å². The van der Waals surface area contributed by atoms with E-state index in [-0.39, 0.29) is 6.42 Å². The van der Waals surface area contributed by atoms with Crippen molar-refractivity contribution in [2.45, 2.75) is 6.42 Å². The molecule has 0 spiro atoms. The Bertz CT molecular complexity index is 492. The fourth-order valence-corrected chi connectivity index (χ4v) is 0.953. The number of nitrogens with zero attached hydrogens (tertiary/aromatic N) is 1. The average Bonchev–Trinajstić information content (AvgIpc) is 2.20. The Morgan fingerprint density at radius 1 is 1.53 bits per heavy atom. The lowest BCUT2D eigenvalue weighted by Crippen LogP contribution is -2.00. The van der Waals surface area contributed by atoms with Crippen molar-refractivity contribution < 1.29 is 14.3 Å². The Hall–Kier alpha value is -2.33. The number of halogens is 1. The highest BCUT2D eigenvalue weighted by atomic mass is 19.1. The number of carboxylic acids is 1. The number of rotatable bonds is 1. The lowest BCUT2D eigenvalue weighted by molar-refractivity contribution is 0.0692. The van der Waals surface area contributed by atoms with Crippen LogP contribution in [-0.2, 0) is 0 Å². The smallest absolute Gasteiger partial charge is 0.338 e. The molecular formula is C11H6FNO2. The molecule has 0 aromatic heterocycles. The molecule has 1 aromatic rings. The molecule has 0 heterocycles. The summed E-state index contributed by atoms with van der Waals surface area (Å²) >= 11 is 0. The van der Waals surface area contributed by atoms with E-state index in [1.54, 1.807) is 0 Å². The zero-order valence-corrected chi connectivity index (χ0v) is 7.62. The average molecular weight is 203 g/mol. The molecule has 1 N–H and O–H groups in total. The van der Waals surface area contributed by atoms with E-state index in [2.05, 4.69) is 11.8 Å². The van der Waals surface area contributed by atoms with Gasteiger partial charge in [-0.15, -0.1) is 0 Å². The Morgan fingerprint density at radius 2 is 2.27 bits per heavy atom. The first-order valence-electron chi connectivity index (χ1n) is 4.04. The van der Waals surface area contributed by atoms with Crippen LogP contribution in [0.1, 0.15) is 22.3 Å². The third kappa shape index (κ3) is 2.82. The number of carbonyl (C=O) groups is 1. The summed E-state index contributed by atoms with van der Waals surface area (Å²) in [6.07, 6.45) is 0.0553. The van der Waals surface area contributed by atoms with Gasteiger partial charge in [-0.1, -0.05) is 11.8 Å². The Morgan fingerprint density at radius 3 is 2.87 bits per heavy atom. The lowest BCUT2D eigenvalue weighted by Gasteiger charge is -1.97. The van der Waals surface area contributed by atoms with Crippen molar-refractivity contribution in [1.82, 2.24) is 0 Å². The Balaban J connectivity index is 3.05. The van der Waals surface area contributed by atoms with Crippen molar-refractivity contribution in [2.75, 3.05) is 0 Å². The van der Waals surface area contributed by atoms with Gasteiger partial charge in [0.1, 0.15) is 5.82 Å². The van der Waals surface area contributed by atoms with Crippen LogP contribution in [0, 0.1) is 29.0 Å². The van der Waals surface area contributed by atoms with Crippen molar-refractivity contribution in [1.29, 1.82) is 5.26 Å². The maximum Gasteiger partial charge on any atom is 0.338 e. The molecule has 0 radical (unpaired) electrons. The minimum Gasteiger partial charge on any atom is -0.478 e. The second-order valence-corrected chi connectivity index (χ2v) is 2.64. The number of hydrogen-bond donors (Lipinski definition) is 1. The summed E-state index contributed by atoms with van der Waals surface area (Å²) < 4.78 is 12.9. The fourth-order valence-electron chi connectivity index (χ4n) is 0.953. The van der Waals surface area contributed by atoms with Gasteiger partial charge in [-0.2, -0.15) is 5.26 Å². The molecule has 0 bridgehead atoms. The second kappa shape index (κ2) is 4.78. The first-order valence-corrected chi connectivity index (χ1v) is 4.04. The summed E-state index contributed by atoms with van der Waals surface area (Å²) in [5, 5.41) is 16.8. The molecule has 0 aliphatic heterocycles. The Kier molecular flexibility index (Phi) is 3.43. The molecule has 0 atom stereocenters. The maximum absolute atomic E-state index is 12.9. The summed E-state index contributed by atoms with van der Waals surface area (Å²) in [6, 6.07) is 5.37. The van der Waals surface area contributed by atoms with Crippen LogP contribution < -0.4 is 0 Å². The highest BCUT2D eigenvalue weighted by molar-refractivity contribution is 5.88. The van der Waals surface area contributed by atoms with Gasteiger partial charge < -0.3 is 5.11 Å². The van der Waals surface area contributed by atoms with Crippen LogP contribution in [-0.4, -0.2) is 11.1 Å². The number of aromatic carboxylic acids is 1. The molecule has 1 aromatic carbocycles. The molecule has 1 rings (SSSR count). The van der Waals surface area contributed by atoms with Crippen LogP contribution in [0.2, 0.25) is 0 Å². The quantitative estimate of drug-likeness (QED) is 0.708. The van der Waals surface area contributed by atoms with Crippen molar-refractivity contribution >= 4 is 5.97 Å². The molecule has 0 aliphatic carbocycles. The molecular weight excluding hydrogens is 197 g/mol. The molecule has 0 fully saturated rings. The van der Waals surface area contributed by atoms with E-state index in [0.717, 1.165) is 12.1 Å². The van der Waals surface area contributed by atoms with Gasteiger partial charge in [0.05, 0.1) is 18.1 Å². The van der Waals surface area contributed by atoms with Gasteiger partial charge in [0, 0.05) is 5.56 Å². The molecule has 15 heavy (non-hydrogen) atoms. The lowest BCUT2D eigenvalue weighted by atomic mass is 10.1. The molecule has 4 heteroatoms. The van der Waals surface area contributed by atoms with Gasteiger partial charge in [-0.3, -0.25) is 0 Å². The summed E-state index contributed by atoms with van der Waals surface area (Å²) in [6.45, 7) is 0. The van der Waals surface area contributed by atoms with Crippen LogP contribution in [0.5, 0.6) is 0 Å². The minimum atomic E-state index is -1.34. The molecule has 0 amide bonds. The Labute approximate surface area is 85.8 Å². The highest BCUT2D eigenvalue weighted by Crippen LogP contribution is 2.09. The molecule has 3 nitrogen and oxygen atoms in total. The SMILES string of the molecule is N#CCC#Cc1ccc(F)c(C(=O)O)c1. The second-order valence-electron chi connectivity index (χ2n) is 2.64. The number of nitriles is 1. The first kappa shape index (κ1) is 10.7. The van der Waals surface area contributed by atoms with Crippen molar-refractivity contribution in [3.8, 4) is 17.9 Å². The number of carboxylic acid groups (broad SMARTS) is 1. The van der Waals surface area contributed by atoms with Crippen LogP contribution in [0.4, 0.5) is 4.39 Å². The predicted molar refractivity (Wildman–Crippen MR) is 50.5 cm³/mol. The third-order valence-electron chi connectivity index (χ3n) is 1.60. The van der Waals surface area contributed by atoms with E-state index in [1.165, 1.54) is 6.07 Å². The highest BCUT2D eigenvalue weighted by Gasteiger charge is 2.09. The fraction of sp³-hybridized carbons (Fsp3) is 0.0909. The predicted octanol–water partition coefficient (Wildman–Crippen LogP) is 1.79. The van der Waals surface area contributed by atoms with Gasteiger partial charge in [-0.25, -0.2) is 9.18 Å². The van der Waals surface area contributed by atoms with Gasteiger partial charge in [-0.05, 0) is 18.2 Å². The van der Waals surface area contributed by atoms with E-state index >= 15 is 0 Å². The molecule has 0 unspecified atom stereocenters. The standard InChI is InChI=1S/C11H6FNO2/c12-10-5-4-8(3-1-2-6-13)7-9(10)11(14)15/h4-5,7H,2H2,(H,14,15). The van der Waals surface area contributed by atoms with E-state index < -0.39 is 17.3 Å². The van der Waals surface area contributed by atoms with Gasteiger partial charge in [0.2, 0.25) is 0 Å².